The fraction of sp³-hybridized carbons (Fsp3) is 0.667. The Kier molecular flexibility index (Phi) is 5.77. The van der Waals surface area contributed by atoms with Gasteiger partial charge in [-0.25, -0.2) is 9.97 Å². The van der Waals surface area contributed by atoms with Crippen LogP contribution in [0.15, 0.2) is 12.4 Å². The number of hydrogen-bond donors (Lipinski definition) is 2. The molecule has 2 aliphatic carbocycles. The molecule has 0 radical (unpaired) electrons. The molecule has 0 aliphatic heterocycles. The van der Waals surface area contributed by atoms with Crippen molar-refractivity contribution in [2.45, 2.75) is 76.3 Å². The van der Waals surface area contributed by atoms with Crippen molar-refractivity contribution in [2.24, 2.45) is 0 Å². The lowest BCUT2D eigenvalue weighted by Gasteiger charge is -2.23. The molecule has 6 heteroatoms. The van der Waals surface area contributed by atoms with Crippen LogP contribution in [0.5, 0.6) is 0 Å². The lowest BCUT2D eigenvalue weighted by molar-refractivity contribution is 0.0921. The zero-order valence-electron chi connectivity index (χ0n) is 14.1. The molecular weight excluding hydrogens is 304 g/mol. The monoisotopic (exact) mass is 330 g/mol. The zero-order chi connectivity index (χ0) is 16.8. The van der Waals surface area contributed by atoms with E-state index in [1.807, 2.05) is 0 Å². The van der Waals surface area contributed by atoms with E-state index in [2.05, 4.69) is 20.6 Å². The predicted octanol–water partition coefficient (Wildman–Crippen LogP) is 2.60. The molecule has 3 rings (SSSR count). The molecule has 0 unspecified atom stereocenters. The number of aromatic nitrogens is 2. The van der Waals surface area contributed by atoms with Gasteiger partial charge >= 0.3 is 0 Å². The van der Waals surface area contributed by atoms with Gasteiger partial charge in [-0.15, -0.1) is 0 Å². The van der Waals surface area contributed by atoms with Crippen molar-refractivity contribution in [1.29, 1.82) is 0 Å². The molecule has 0 bridgehead atoms. The summed E-state index contributed by atoms with van der Waals surface area (Å²) < 4.78 is 0. The van der Waals surface area contributed by atoms with Crippen LogP contribution >= 0.6 is 0 Å². The quantitative estimate of drug-likeness (QED) is 0.889. The van der Waals surface area contributed by atoms with E-state index in [1.165, 1.54) is 25.2 Å². The van der Waals surface area contributed by atoms with Crippen LogP contribution in [-0.4, -0.2) is 33.9 Å². The van der Waals surface area contributed by atoms with Gasteiger partial charge in [-0.3, -0.25) is 9.59 Å². The van der Waals surface area contributed by atoms with Gasteiger partial charge in [0.25, 0.3) is 11.8 Å². The van der Waals surface area contributed by atoms with E-state index in [9.17, 15) is 9.59 Å². The molecule has 0 saturated heterocycles. The van der Waals surface area contributed by atoms with Crippen molar-refractivity contribution < 1.29 is 9.59 Å². The first-order chi connectivity index (χ1) is 11.7. The van der Waals surface area contributed by atoms with Crippen molar-refractivity contribution in [3.63, 3.8) is 0 Å². The third kappa shape index (κ3) is 4.52. The summed E-state index contributed by atoms with van der Waals surface area (Å²) in [6, 6.07) is 1.94. The van der Waals surface area contributed by atoms with Crippen LogP contribution in [0.4, 0.5) is 0 Å². The molecule has 2 aliphatic rings. The van der Waals surface area contributed by atoms with Gasteiger partial charge in [0.15, 0.2) is 0 Å². The van der Waals surface area contributed by atoms with Gasteiger partial charge in [-0.05, 0) is 25.7 Å². The van der Waals surface area contributed by atoms with Crippen molar-refractivity contribution in [3.8, 4) is 0 Å². The van der Waals surface area contributed by atoms with Crippen LogP contribution in [0.3, 0.4) is 0 Å². The van der Waals surface area contributed by atoms with Gasteiger partial charge in [0, 0.05) is 18.2 Å². The second kappa shape index (κ2) is 8.22. The number of amides is 2. The molecule has 1 aromatic heterocycles. The topological polar surface area (TPSA) is 84.0 Å². The maximum Gasteiger partial charge on any atom is 0.270 e. The smallest absolute Gasteiger partial charge is 0.270 e. The zero-order valence-corrected chi connectivity index (χ0v) is 14.1. The highest BCUT2D eigenvalue weighted by Crippen LogP contribution is 2.18. The normalized spacial score (nSPS) is 19.7. The Morgan fingerprint density at radius 3 is 1.58 bits per heavy atom. The molecule has 2 fully saturated rings. The molecule has 2 N–H and O–H groups in total. The van der Waals surface area contributed by atoms with Gasteiger partial charge < -0.3 is 10.6 Å². The molecule has 24 heavy (non-hydrogen) atoms. The van der Waals surface area contributed by atoms with Crippen LogP contribution in [0.25, 0.3) is 0 Å². The van der Waals surface area contributed by atoms with Gasteiger partial charge in [0.2, 0.25) is 0 Å². The van der Waals surface area contributed by atoms with E-state index < -0.39 is 0 Å². The summed E-state index contributed by atoms with van der Waals surface area (Å²) >= 11 is 0. The van der Waals surface area contributed by atoms with E-state index in [-0.39, 0.29) is 35.3 Å². The van der Waals surface area contributed by atoms with Crippen LogP contribution in [-0.2, 0) is 0 Å². The summed E-state index contributed by atoms with van der Waals surface area (Å²) in [5.74, 6) is -0.424. The van der Waals surface area contributed by atoms with Crippen molar-refractivity contribution in [2.75, 3.05) is 0 Å². The third-order valence-corrected chi connectivity index (χ3v) is 5.01. The summed E-state index contributed by atoms with van der Waals surface area (Å²) in [5, 5.41) is 6.04. The third-order valence-electron chi connectivity index (χ3n) is 5.01. The molecule has 0 atom stereocenters. The first-order valence-electron chi connectivity index (χ1n) is 9.16. The number of rotatable bonds is 4. The van der Waals surface area contributed by atoms with Crippen LogP contribution in [0.1, 0.15) is 85.2 Å². The fourth-order valence-corrected chi connectivity index (χ4v) is 3.62. The van der Waals surface area contributed by atoms with Crippen molar-refractivity contribution in [3.05, 3.63) is 23.8 Å². The highest BCUT2D eigenvalue weighted by atomic mass is 16.2. The Hall–Kier alpha value is -1.98. The molecular formula is C18H26N4O2. The van der Waals surface area contributed by atoms with Crippen LogP contribution in [0.2, 0.25) is 0 Å². The maximum absolute atomic E-state index is 12.3. The number of nitrogens with zero attached hydrogens (tertiary/aromatic N) is 2. The predicted molar refractivity (Wildman–Crippen MR) is 90.7 cm³/mol. The SMILES string of the molecule is O=C(NC1CCCCC1)c1cc(C(=O)NC2CCCCC2)ncn1. The summed E-state index contributed by atoms with van der Waals surface area (Å²) in [4.78, 5) is 32.8. The first kappa shape index (κ1) is 16.9. The van der Waals surface area contributed by atoms with Crippen LogP contribution in [0, 0.1) is 0 Å². The average Bonchev–Trinajstić information content (AvgIpc) is 2.63. The molecule has 1 heterocycles. The van der Waals surface area contributed by atoms with Crippen molar-refractivity contribution >= 4 is 11.8 Å². The minimum Gasteiger partial charge on any atom is -0.348 e. The second-order valence-electron chi connectivity index (χ2n) is 6.91. The minimum absolute atomic E-state index is 0.212. The Morgan fingerprint density at radius 2 is 1.17 bits per heavy atom. The van der Waals surface area contributed by atoms with E-state index in [0.29, 0.717) is 0 Å². The summed E-state index contributed by atoms with van der Waals surface area (Å²) in [6.45, 7) is 0. The molecule has 0 spiro atoms. The standard InChI is InChI=1S/C18H26N4O2/c23-17(21-13-7-3-1-4-8-13)15-11-16(20-12-19-15)18(24)22-14-9-5-2-6-10-14/h11-14H,1-10H2,(H,21,23)(H,22,24). The summed E-state index contributed by atoms with van der Waals surface area (Å²) in [7, 11) is 0. The lowest BCUT2D eigenvalue weighted by atomic mass is 9.95. The highest BCUT2D eigenvalue weighted by molar-refractivity contribution is 5.97. The molecule has 1 aromatic rings. The molecule has 2 saturated carbocycles. The number of carbonyl (C=O) groups is 2. The molecule has 2 amide bonds. The number of hydrogen-bond acceptors (Lipinski definition) is 4. The largest absolute Gasteiger partial charge is 0.348 e. The minimum atomic E-state index is -0.212. The summed E-state index contributed by atoms with van der Waals surface area (Å²) in [6.07, 6.45) is 12.5. The number of carbonyl (C=O) groups excluding carboxylic acids is 2. The van der Waals surface area contributed by atoms with Gasteiger partial charge in [-0.1, -0.05) is 38.5 Å². The maximum atomic E-state index is 12.3. The molecule has 130 valence electrons. The second-order valence-corrected chi connectivity index (χ2v) is 6.91. The fourth-order valence-electron chi connectivity index (χ4n) is 3.62. The first-order valence-corrected chi connectivity index (χ1v) is 9.16. The molecule has 6 nitrogen and oxygen atoms in total. The van der Waals surface area contributed by atoms with Gasteiger partial charge in [-0.2, -0.15) is 0 Å². The van der Waals surface area contributed by atoms with E-state index >= 15 is 0 Å². The van der Waals surface area contributed by atoms with E-state index in [1.54, 1.807) is 0 Å². The average molecular weight is 330 g/mol. The van der Waals surface area contributed by atoms with Crippen LogP contribution < -0.4 is 10.6 Å². The van der Waals surface area contributed by atoms with E-state index in [0.717, 1.165) is 51.4 Å². The lowest BCUT2D eigenvalue weighted by Crippen LogP contribution is -2.38. The Bertz CT molecular complexity index is 531. The Balaban J connectivity index is 1.60. The summed E-state index contributed by atoms with van der Waals surface area (Å²) in [5.41, 5.74) is 0.536. The van der Waals surface area contributed by atoms with Crippen molar-refractivity contribution in [1.82, 2.24) is 20.6 Å². The Labute approximate surface area is 142 Å². The molecule has 0 aromatic carbocycles. The Morgan fingerprint density at radius 1 is 0.750 bits per heavy atom. The highest BCUT2D eigenvalue weighted by Gasteiger charge is 2.20. The number of nitrogens with one attached hydrogen (secondary N) is 2. The van der Waals surface area contributed by atoms with E-state index in [4.69, 9.17) is 0 Å². The van der Waals surface area contributed by atoms with Gasteiger partial charge in [0.1, 0.15) is 17.7 Å². The van der Waals surface area contributed by atoms with Gasteiger partial charge in [0.05, 0.1) is 0 Å².